The van der Waals surface area contributed by atoms with Crippen LogP contribution in [-0.4, -0.2) is 70.3 Å². The summed E-state index contributed by atoms with van der Waals surface area (Å²) in [5, 5.41) is 3.33. The van der Waals surface area contributed by atoms with Crippen LogP contribution in [0, 0.1) is 5.41 Å². The minimum atomic E-state index is -3.30. The van der Waals surface area contributed by atoms with E-state index >= 15 is 0 Å². The lowest BCUT2D eigenvalue weighted by atomic mass is 9.89. The number of ether oxygens (including phenoxy) is 1. The number of carbonyl (C=O) groups is 1. The van der Waals surface area contributed by atoms with Gasteiger partial charge in [-0.3, -0.25) is 9.48 Å². The molecule has 8 nitrogen and oxygen atoms in total. The van der Waals surface area contributed by atoms with E-state index in [1.54, 1.807) is 4.90 Å². The summed E-state index contributed by atoms with van der Waals surface area (Å²) in [6.45, 7) is 7.12. The van der Waals surface area contributed by atoms with Crippen molar-refractivity contribution < 1.29 is 17.9 Å². The van der Waals surface area contributed by atoms with Crippen molar-refractivity contribution in [1.29, 1.82) is 0 Å². The molecule has 3 rings (SSSR count). The summed E-state index contributed by atoms with van der Waals surface area (Å²) in [5.74, 6) is 0.0115. The van der Waals surface area contributed by atoms with Gasteiger partial charge in [-0.2, -0.15) is 5.10 Å². The third-order valence-electron chi connectivity index (χ3n) is 4.40. The molecular formula is C15H24N4O4S. The molecule has 0 aliphatic carbocycles. The Balaban J connectivity index is 1.59. The lowest BCUT2D eigenvalue weighted by Crippen LogP contribution is -2.70. The molecule has 2 saturated heterocycles. The molecule has 0 N–H and O–H groups in total. The highest BCUT2D eigenvalue weighted by Gasteiger charge is 2.53. The number of sulfone groups is 1. The molecule has 2 aliphatic rings. The summed E-state index contributed by atoms with van der Waals surface area (Å²) >= 11 is 0. The third-order valence-corrected chi connectivity index (χ3v) is 6.63. The Kier molecular flexibility index (Phi) is 4.19. The molecule has 1 aromatic heterocycles. The molecule has 0 unspecified atom stereocenters. The van der Waals surface area contributed by atoms with Crippen LogP contribution in [0.3, 0.4) is 0 Å². The zero-order valence-corrected chi connectivity index (χ0v) is 15.1. The highest BCUT2D eigenvalue weighted by molar-refractivity contribution is 7.92. The van der Waals surface area contributed by atoms with Crippen molar-refractivity contribution in [3.05, 3.63) is 12.7 Å². The number of aromatic nitrogens is 3. The Hall–Kier alpha value is -1.48. The highest BCUT2D eigenvalue weighted by Crippen LogP contribution is 2.34. The Morgan fingerprint density at radius 2 is 2.08 bits per heavy atom. The van der Waals surface area contributed by atoms with Crippen molar-refractivity contribution in [1.82, 2.24) is 19.7 Å². The molecule has 0 aromatic carbocycles. The molecular weight excluding hydrogens is 332 g/mol. The molecule has 2 aliphatic heterocycles. The number of nitrogens with zero attached hydrogens (tertiary/aromatic N) is 4. The second-order valence-corrected chi connectivity index (χ2v) is 10.3. The van der Waals surface area contributed by atoms with Crippen molar-refractivity contribution in [3.8, 4) is 0 Å². The topological polar surface area (TPSA) is 94.4 Å². The van der Waals surface area contributed by atoms with Crippen LogP contribution in [-0.2, 0) is 25.9 Å². The van der Waals surface area contributed by atoms with E-state index in [0.717, 1.165) is 0 Å². The monoisotopic (exact) mass is 356 g/mol. The molecule has 1 amide bonds. The van der Waals surface area contributed by atoms with Gasteiger partial charge in [0.25, 0.3) is 0 Å². The average molecular weight is 356 g/mol. The highest BCUT2D eigenvalue weighted by atomic mass is 32.2. The van der Waals surface area contributed by atoms with E-state index < -0.39 is 20.7 Å². The molecule has 1 aromatic rings. The molecule has 9 heteroatoms. The van der Waals surface area contributed by atoms with Gasteiger partial charge in [-0.1, -0.05) is 20.8 Å². The zero-order chi connectivity index (χ0) is 17.6. The fraction of sp³-hybridized carbons (Fsp3) is 0.800. The average Bonchev–Trinajstić information content (AvgIpc) is 2.89. The maximum Gasteiger partial charge on any atom is 0.223 e. The van der Waals surface area contributed by atoms with E-state index in [0.29, 0.717) is 19.5 Å². The van der Waals surface area contributed by atoms with E-state index in [1.165, 1.54) is 17.3 Å². The van der Waals surface area contributed by atoms with E-state index in [4.69, 9.17) is 4.74 Å². The normalized spacial score (nSPS) is 25.5. The van der Waals surface area contributed by atoms with Gasteiger partial charge in [-0.05, 0) is 5.41 Å². The van der Waals surface area contributed by atoms with Crippen LogP contribution in [0.25, 0.3) is 0 Å². The van der Waals surface area contributed by atoms with Crippen molar-refractivity contribution >= 4 is 15.7 Å². The van der Waals surface area contributed by atoms with Crippen LogP contribution in [0.5, 0.6) is 0 Å². The Morgan fingerprint density at radius 3 is 2.62 bits per heavy atom. The fourth-order valence-corrected chi connectivity index (χ4v) is 5.07. The van der Waals surface area contributed by atoms with Gasteiger partial charge in [0.1, 0.15) is 23.5 Å². The lowest BCUT2D eigenvalue weighted by molar-refractivity contribution is -0.166. The molecule has 134 valence electrons. The molecule has 1 spiro atoms. The van der Waals surface area contributed by atoms with Gasteiger partial charge >= 0.3 is 0 Å². The predicted molar refractivity (Wildman–Crippen MR) is 86.9 cm³/mol. The van der Waals surface area contributed by atoms with Crippen molar-refractivity contribution in [2.45, 2.75) is 44.6 Å². The van der Waals surface area contributed by atoms with Gasteiger partial charge in [0, 0.05) is 6.42 Å². The van der Waals surface area contributed by atoms with Crippen LogP contribution < -0.4 is 0 Å². The second-order valence-electron chi connectivity index (χ2n) is 8.03. The van der Waals surface area contributed by atoms with Crippen molar-refractivity contribution in [2.24, 2.45) is 5.41 Å². The van der Waals surface area contributed by atoms with Crippen LogP contribution in [0.2, 0.25) is 0 Å². The largest absolute Gasteiger partial charge is 0.369 e. The summed E-state index contributed by atoms with van der Waals surface area (Å²) in [4.78, 5) is 17.7. The molecule has 0 saturated carbocycles. The van der Waals surface area contributed by atoms with Crippen LogP contribution >= 0.6 is 0 Å². The Labute approximate surface area is 142 Å². The summed E-state index contributed by atoms with van der Waals surface area (Å²) < 4.78 is 32.5. The number of hydrogen-bond acceptors (Lipinski definition) is 6. The summed E-state index contributed by atoms with van der Waals surface area (Å²) in [7, 11) is -3.30. The Morgan fingerprint density at radius 1 is 1.38 bits per heavy atom. The number of hydrogen-bond donors (Lipinski definition) is 0. The van der Waals surface area contributed by atoms with Crippen molar-refractivity contribution in [3.63, 3.8) is 0 Å². The lowest BCUT2D eigenvalue weighted by Gasteiger charge is -2.52. The summed E-state index contributed by atoms with van der Waals surface area (Å²) in [6, 6.07) is 0. The SMILES string of the molecule is CC(C)(C)CC(=O)N1CC2(C1)CS(=O)(=O)[C@@H](Cn1cncn1)CO2. The summed E-state index contributed by atoms with van der Waals surface area (Å²) in [6.07, 6.45) is 3.32. The van der Waals surface area contributed by atoms with Gasteiger partial charge in [0.15, 0.2) is 9.84 Å². The van der Waals surface area contributed by atoms with Gasteiger partial charge in [0.2, 0.25) is 5.91 Å². The maximum absolute atomic E-state index is 12.6. The second kappa shape index (κ2) is 5.80. The molecule has 1 atom stereocenters. The first-order valence-corrected chi connectivity index (χ1v) is 9.76. The van der Waals surface area contributed by atoms with Gasteiger partial charge in [-0.25, -0.2) is 13.4 Å². The Bertz CT molecular complexity index is 702. The fourth-order valence-electron chi connectivity index (χ4n) is 3.18. The first-order chi connectivity index (χ1) is 11.1. The first kappa shape index (κ1) is 17.3. The van der Waals surface area contributed by atoms with E-state index in [1.807, 2.05) is 20.8 Å². The quantitative estimate of drug-likeness (QED) is 0.763. The molecule has 2 fully saturated rings. The minimum absolute atomic E-state index is 0.0430. The third kappa shape index (κ3) is 3.61. The standard InChI is InChI=1S/C15H24N4O4S/c1-14(2,3)4-13(20)18-7-15(8-18)9-24(21,22)12(6-23-15)5-19-11-16-10-17-19/h10-12H,4-9H2,1-3H3/t12-/m0/s1. The molecule has 3 heterocycles. The number of rotatable bonds is 3. The van der Waals surface area contributed by atoms with Crippen LogP contribution in [0.15, 0.2) is 12.7 Å². The number of amides is 1. The minimum Gasteiger partial charge on any atom is -0.369 e. The van der Waals surface area contributed by atoms with E-state index in [9.17, 15) is 13.2 Å². The van der Waals surface area contributed by atoms with Gasteiger partial charge in [0.05, 0.1) is 32.0 Å². The smallest absolute Gasteiger partial charge is 0.223 e. The summed E-state index contributed by atoms with van der Waals surface area (Å²) in [5.41, 5.74) is -0.812. The first-order valence-electron chi connectivity index (χ1n) is 8.04. The van der Waals surface area contributed by atoms with Crippen molar-refractivity contribution in [2.75, 3.05) is 25.4 Å². The van der Waals surface area contributed by atoms with Crippen LogP contribution in [0.1, 0.15) is 27.2 Å². The van der Waals surface area contributed by atoms with E-state index in [2.05, 4.69) is 10.1 Å². The number of carbonyl (C=O) groups excluding carboxylic acids is 1. The van der Waals surface area contributed by atoms with Gasteiger partial charge in [-0.15, -0.1) is 0 Å². The molecule has 24 heavy (non-hydrogen) atoms. The molecule has 0 radical (unpaired) electrons. The zero-order valence-electron chi connectivity index (χ0n) is 14.3. The number of likely N-dealkylation sites (tertiary alicyclic amines) is 1. The van der Waals surface area contributed by atoms with Gasteiger partial charge < -0.3 is 9.64 Å². The van der Waals surface area contributed by atoms with E-state index in [-0.39, 0.29) is 30.2 Å². The predicted octanol–water partition coefficient (Wildman–Crippen LogP) is 0.109. The maximum atomic E-state index is 12.6. The van der Waals surface area contributed by atoms with Crippen LogP contribution in [0.4, 0.5) is 0 Å². The molecule has 0 bridgehead atoms.